The Morgan fingerprint density at radius 1 is 1.36 bits per heavy atom. The molecule has 1 atom stereocenters. The van der Waals surface area contributed by atoms with Crippen molar-refractivity contribution in [1.82, 2.24) is 9.62 Å². The zero-order chi connectivity index (χ0) is 18.2. The number of phenols is 1. The van der Waals surface area contributed by atoms with Gasteiger partial charge < -0.3 is 15.1 Å². The molecule has 0 radical (unpaired) electrons. The molecule has 2 aliphatic heterocycles. The van der Waals surface area contributed by atoms with Crippen LogP contribution in [-0.4, -0.2) is 62.2 Å². The zero-order valence-electron chi connectivity index (χ0n) is 13.5. The average molecular weight is 373 g/mol. The van der Waals surface area contributed by atoms with Crippen LogP contribution in [0.2, 0.25) is 0 Å². The van der Waals surface area contributed by atoms with Gasteiger partial charge in [-0.3, -0.25) is 4.79 Å². The molecule has 2 heterocycles. The molecule has 25 heavy (non-hydrogen) atoms. The minimum atomic E-state index is -4.18. The predicted octanol–water partition coefficient (Wildman–Crippen LogP) is -0.431. The number of aromatic hydroxyl groups is 1. The minimum Gasteiger partial charge on any atom is -0.506 e. The van der Waals surface area contributed by atoms with Crippen molar-refractivity contribution in [3.8, 4) is 5.75 Å². The summed E-state index contributed by atoms with van der Waals surface area (Å²) in [5.74, 6) is -1.91. The molecule has 10 heteroatoms. The molecule has 3 N–H and O–H groups in total. The maximum absolute atomic E-state index is 14.5. The summed E-state index contributed by atoms with van der Waals surface area (Å²) < 4.78 is 40.4. The van der Waals surface area contributed by atoms with Crippen molar-refractivity contribution in [3.05, 3.63) is 23.5 Å². The molecule has 2 saturated heterocycles. The highest BCUT2D eigenvalue weighted by Gasteiger charge is 2.37. The number of amides is 1. The van der Waals surface area contributed by atoms with E-state index in [-0.39, 0.29) is 12.5 Å². The first-order valence-corrected chi connectivity index (χ1v) is 9.42. The molecular weight excluding hydrogens is 353 g/mol. The smallest absolute Gasteiger partial charge is 0.326 e. The van der Waals surface area contributed by atoms with Crippen LogP contribution >= 0.6 is 0 Å². The number of likely N-dealkylation sites (tertiary alicyclic amines) is 1. The largest absolute Gasteiger partial charge is 0.506 e. The molecule has 8 nitrogen and oxygen atoms in total. The van der Waals surface area contributed by atoms with Gasteiger partial charge in [-0.15, -0.1) is 0 Å². The van der Waals surface area contributed by atoms with Crippen LogP contribution in [-0.2, 0) is 21.4 Å². The lowest BCUT2D eigenvalue weighted by atomic mass is 9.98. The van der Waals surface area contributed by atoms with E-state index in [4.69, 9.17) is 5.11 Å². The average Bonchev–Trinajstić information content (AvgIpc) is 3.02. The number of phenolic OH excluding ortho intramolecular Hbond substituents is 1. The summed E-state index contributed by atoms with van der Waals surface area (Å²) in [5.41, 5.74) is 0.0425. The molecule has 0 aromatic heterocycles. The third kappa shape index (κ3) is 3.70. The second-order valence-corrected chi connectivity index (χ2v) is 7.96. The maximum atomic E-state index is 14.5. The number of anilines is 1. The van der Waals surface area contributed by atoms with Gasteiger partial charge in [0.2, 0.25) is 0 Å². The van der Waals surface area contributed by atoms with E-state index in [1.807, 2.05) is 0 Å². The number of benzene rings is 1. The lowest BCUT2D eigenvalue weighted by Gasteiger charge is -2.19. The van der Waals surface area contributed by atoms with E-state index in [1.54, 1.807) is 4.72 Å². The molecule has 0 aliphatic carbocycles. The van der Waals surface area contributed by atoms with Crippen LogP contribution in [0.3, 0.4) is 0 Å². The minimum absolute atomic E-state index is 0.0912. The summed E-state index contributed by atoms with van der Waals surface area (Å²) in [6.07, 6.45) is 1.44. The number of aliphatic hydroxyl groups is 1. The highest BCUT2D eigenvalue weighted by molar-refractivity contribution is 7.92. The second-order valence-electron chi connectivity index (χ2n) is 6.37. The van der Waals surface area contributed by atoms with E-state index in [9.17, 15) is 22.7 Å². The summed E-state index contributed by atoms with van der Waals surface area (Å²) >= 11 is 0. The van der Waals surface area contributed by atoms with Gasteiger partial charge in [-0.1, -0.05) is 0 Å². The fourth-order valence-corrected chi connectivity index (χ4v) is 4.58. The van der Waals surface area contributed by atoms with Gasteiger partial charge >= 0.3 is 10.2 Å². The lowest BCUT2D eigenvalue weighted by Crippen LogP contribution is -2.30. The van der Waals surface area contributed by atoms with Crippen LogP contribution in [0.4, 0.5) is 10.1 Å². The van der Waals surface area contributed by atoms with Gasteiger partial charge in [0.1, 0.15) is 18.0 Å². The number of halogens is 1. The number of β-amino-alcohol motifs (C(OH)–C–C–N with tert-alkyl or cyclic N) is 1. The quantitative estimate of drug-likeness (QED) is 0.646. The molecule has 1 amide bonds. The van der Waals surface area contributed by atoms with Gasteiger partial charge in [-0.2, -0.15) is 8.42 Å². The molecule has 1 aromatic carbocycles. The molecule has 2 aliphatic rings. The first-order valence-electron chi connectivity index (χ1n) is 7.98. The number of nitrogens with zero attached hydrogens (tertiary/aromatic N) is 2. The van der Waals surface area contributed by atoms with Crippen molar-refractivity contribution in [2.24, 2.45) is 5.92 Å². The lowest BCUT2D eigenvalue weighted by molar-refractivity contribution is -0.117. The highest BCUT2D eigenvalue weighted by Crippen LogP contribution is 2.35. The molecular formula is C15H20FN3O5S. The normalized spacial score (nSPS) is 23.2. The molecule has 0 saturated carbocycles. The molecule has 3 rings (SSSR count). The van der Waals surface area contributed by atoms with Crippen molar-refractivity contribution >= 4 is 21.8 Å². The fourth-order valence-electron chi connectivity index (χ4n) is 3.41. The Morgan fingerprint density at radius 3 is 2.72 bits per heavy atom. The standard InChI is InChI=1S/C15H20FN3O5S/c16-12-6-11(5-10-1-2-18(8-10)3-4-20)7-13(21)15(12)19-9-14(22)17-25(19,23)24/h6-7,10,20-21H,1-5,8-9H2,(H,17,22). The van der Waals surface area contributed by atoms with E-state index in [0.29, 0.717) is 22.8 Å². The van der Waals surface area contributed by atoms with Crippen molar-refractivity contribution < 1.29 is 27.8 Å². The number of aliphatic hydroxyl groups excluding tert-OH is 1. The summed E-state index contributed by atoms with van der Waals surface area (Å²) in [6.45, 7) is 1.77. The highest BCUT2D eigenvalue weighted by atomic mass is 32.2. The van der Waals surface area contributed by atoms with Gasteiger partial charge in [0.15, 0.2) is 5.82 Å². The molecule has 0 spiro atoms. The van der Waals surface area contributed by atoms with Crippen LogP contribution < -0.4 is 9.03 Å². The summed E-state index contributed by atoms with van der Waals surface area (Å²) in [6, 6.07) is 2.54. The SMILES string of the molecule is O=C1CN(c2c(O)cc(CC3CCN(CCO)C3)cc2F)S(=O)(=O)N1. The summed E-state index contributed by atoms with van der Waals surface area (Å²) in [4.78, 5) is 13.4. The Morgan fingerprint density at radius 2 is 2.12 bits per heavy atom. The molecule has 1 unspecified atom stereocenters. The number of carbonyl (C=O) groups excluding carboxylic acids is 1. The number of nitrogens with one attached hydrogen (secondary N) is 1. The topological polar surface area (TPSA) is 110 Å². The Hall–Kier alpha value is -1.91. The molecule has 0 bridgehead atoms. The van der Waals surface area contributed by atoms with Crippen molar-refractivity contribution in [3.63, 3.8) is 0 Å². The van der Waals surface area contributed by atoms with Gasteiger partial charge in [-0.05, 0) is 43.0 Å². The second kappa shape index (κ2) is 6.77. The first kappa shape index (κ1) is 17.9. The van der Waals surface area contributed by atoms with Crippen LogP contribution in [0.1, 0.15) is 12.0 Å². The Labute approximate surface area is 145 Å². The predicted molar refractivity (Wildman–Crippen MR) is 87.8 cm³/mol. The maximum Gasteiger partial charge on any atom is 0.326 e. The van der Waals surface area contributed by atoms with E-state index >= 15 is 0 Å². The molecule has 1 aromatic rings. The Balaban J connectivity index is 1.78. The van der Waals surface area contributed by atoms with Gasteiger partial charge in [-0.25, -0.2) is 13.4 Å². The van der Waals surface area contributed by atoms with Gasteiger partial charge in [0, 0.05) is 13.1 Å². The van der Waals surface area contributed by atoms with E-state index < -0.39 is 39.9 Å². The van der Waals surface area contributed by atoms with E-state index in [0.717, 1.165) is 19.5 Å². The summed E-state index contributed by atoms with van der Waals surface area (Å²) in [7, 11) is -4.18. The first-order chi connectivity index (χ1) is 11.8. The van der Waals surface area contributed by atoms with Crippen LogP contribution in [0, 0.1) is 11.7 Å². The number of hydrogen-bond acceptors (Lipinski definition) is 6. The fraction of sp³-hybridized carbons (Fsp3) is 0.533. The summed E-state index contributed by atoms with van der Waals surface area (Å²) in [5, 5.41) is 19.1. The molecule has 2 fully saturated rings. The van der Waals surface area contributed by atoms with Gasteiger partial charge in [0.05, 0.1) is 6.61 Å². The van der Waals surface area contributed by atoms with Crippen molar-refractivity contribution in [2.45, 2.75) is 12.8 Å². The monoisotopic (exact) mass is 373 g/mol. The Kier molecular flexibility index (Phi) is 4.85. The van der Waals surface area contributed by atoms with E-state index in [1.165, 1.54) is 12.1 Å². The van der Waals surface area contributed by atoms with Gasteiger partial charge in [0.25, 0.3) is 5.91 Å². The molecule has 138 valence electrons. The van der Waals surface area contributed by atoms with Crippen molar-refractivity contribution in [2.75, 3.05) is 37.1 Å². The Bertz CT molecular complexity index is 762. The number of rotatable bonds is 5. The van der Waals surface area contributed by atoms with Crippen LogP contribution in [0.25, 0.3) is 0 Å². The van der Waals surface area contributed by atoms with E-state index in [2.05, 4.69) is 4.90 Å². The van der Waals surface area contributed by atoms with Crippen LogP contribution in [0.15, 0.2) is 12.1 Å². The zero-order valence-corrected chi connectivity index (χ0v) is 14.3. The third-order valence-corrected chi connectivity index (χ3v) is 5.86. The number of carbonyl (C=O) groups is 1. The third-order valence-electron chi connectivity index (χ3n) is 4.48. The number of hydrogen-bond donors (Lipinski definition) is 3. The van der Waals surface area contributed by atoms with Crippen LogP contribution in [0.5, 0.6) is 5.75 Å². The van der Waals surface area contributed by atoms with Crippen molar-refractivity contribution in [1.29, 1.82) is 0 Å².